The molecule has 28 heavy (non-hydrogen) atoms. The van der Waals surface area contributed by atoms with Crippen LogP contribution in [0.25, 0.3) is 11.3 Å². The molecule has 5 nitrogen and oxygen atoms in total. The van der Waals surface area contributed by atoms with Gasteiger partial charge < -0.3 is 5.32 Å². The lowest BCUT2D eigenvalue weighted by Crippen LogP contribution is -2.13. The summed E-state index contributed by atoms with van der Waals surface area (Å²) in [6, 6.07) is 16.1. The predicted octanol–water partition coefficient (Wildman–Crippen LogP) is 5.31. The molecule has 2 amide bonds. The van der Waals surface area contributed by atoms with Crippen molar-refractivity contribution >= 4 is 45.6 Å². The Hall–Kier alpha value is -3.22. The van der Waals surface area contributed by atoms with Crippen LogP contribution in [0.2, 0.25) is 0 Å². The van der Waals surface area contributed by atoms with Gasteiger partial charge in [-0.2, -0.15) is 0 Å². The second-order valence-electron chi connectivity index (χ2n) is 5.77. The van der Waals surface area contributed by atoms with Gasteiger partial charge in [-0.25, -0.2) is 4.98 Å². The van der Waals surface area contributed by atoms with Crippen LogP contribution in [0.3, 0.4) is 0 Å². The van der Waals surface area contributed by atoms with Gasteiger partial charge in [-0.3, -0.25) is 14.9 Å². The molecule has 3 rings (SSSR count). The van der Waals surface area contributed by atoms with Gasteiger partial charge in [0.05, 0.1) is 11.3 Å². The Morgan fingerprint density at radius 3 is 2.29 bits per heavy atom. The standard InChI is InChI=1S/C21H16ClN3O2S/c1-13(14(2)22)19(26)23-17-10-8-15(9-11-17)18-12-28-21(24-18)25-20(27)16-6-4-3-5-7-16/h3-12H,1-2H2,(H,23,26)(H,24,25,27). The Balaban J connectivity index is 1.66. The SMILES string of the molecule is C=C(Cl)C(=C)C(=O)Nc1ccc(-c2csc(NC(=O)c3ccccc3)n2)cc1. The Labute approximate surface area is 171 Å². The van der Waals surface area contributed by atoms with Crippen LogP contribution in [0.15, 0.2) is 83.7 Å². The van der Waals surface area contributed by atoms with Crippen molar-refractivity contribution in [2.24, 2.45) is 0 Å². The van der Waals surface area contributed by atoms with E-state index in [1.54, 1.807) is 36.4 Å². The maximum absolute atomic E-state index is 12.2. The fourth-order valence-electron chi connectivity index (χ4n) is 2.28. The molecular weight excluding hydrogens is 394 g/mol. The molecular formula is C21H16ClN3O2S. The molecule has 0 fully saturated rings. The molecule has 2 aromatic carbocycles. The fourth-order valence-corrected chi connectivity index (χ4v) is 3.08. The number of benzene rings is 2. The first-order valence-corrected chi connectivity index (χ1v) is 9.47. The Bertz CT molecular complexity index is 1040. The predicted molar refractivity (Wildman–Crippen MR) is 115 cm³/mol. The maximum Gasteiger partial charge on any atom is 0.257 e. The summed E-state index contributed by atoms with van der Waals surface area (Å²) in [5.41, 5.74) is 2.87. The summed E-state index contributed by atoms with van der Waals surface area (Å²) >= 11 is 7.02. The molecule has 0 aliphatic carbocycles. The smallest absolute Gasteiger partial charge is 0.257 e. The second-order valence-corrected chi connectivity index (χ2v) is 7.09. The minimum absolute atomic E-state index is 0.0988. The molecule has 0 aliphatic heterocycles. The zero-order valence-corrected chi connectivity index (χ0v) is 16.3. The van der Waals surface area contributed by atoms with E-state index in [0.29, 0.717) is 16.4 Å². The van der Waals surface area contributed by atoms with Gasteiger partial charge in [0.15, 0.2) is 5.13 Å². The largest absolute Gasteiger partial charge is 0.322 e. The molecule has 3 aromatic rings. The Morgan fingerprint density at radius 1 is 0.964 bits per heavy atom. The highest BCUT2D eigenvalue weighted by molar-refractivity contribution is 7.14. The van der Waals surface area contributed by atoms with E-state index < -0.39 is 5.91 Å². The van der Waals surface area contributed by atoms with Crippen molar-refractivity contribution in [1.82, 2.24) is 4.98 Å². The van der Waals surface area contributed by atoms with Crippen molar-refractivity contribution in [3.05, 3.63) is 89.3 Å². The van der Waals surface area contributed by atoms with Gasteiger partial charge in [0, 0.05) is 27.2 Å². The summed E-state index contributed by atoms with van der Waals surface area (Å²) in [5, 5.41) is 7.95. The van der Waals surface area contributed by atoms with Crippen LogP contribution < -0.4 is 10.6 Å². The molecule has 1 aromatic heterocycles. The van der Waals surface area contributed by atoms with Crippen LogP contribution in [0.1, 0.15) is 10.4 Å². The van der Waals surface area contributed by atoms with Gasteiger partial charge in [-0.15, -0.1) is 11.3 Å². The number of amides is 2. The summed E-state index contributed by atoms with van der Waals surface area (Å²) in [7, 11) is 0. The molecule has 140 valence electrons. The average Bonchev–Trinajstić information content (AvgIpc) is 3.17. The number of thiazole rings is 1. The average molecular weight is 410 g/mol. The number of nitrogens with one attached hydrogen (secondary N) is 2. The van der Waals surface area contributed by atoms with E-state index in [0.717, 1.165) is 11.3 Å². The minimum Gasteiger partial charge on any atom is -0.322 e. The van der Waals surface area contributed by atoms with Crippen molar-refractivity contribution in [2.45, 2.75) is 0 Å². The van der Waals surface area contributed by atoms with Gasteiger partial charge in [-0.1, -0.05) is 55.1 Å². The van der Waals surface area contributed by atoms with Crippen LogP contribution in [0.4, 0.5) is 10.8 Å². The highest BCUT2D eigenvalue weighted by atomic mass is 35.5. The number of halogens is 1. The third kappa shape index (κ3) is 4.73. The number of hydrogen-bond acceptors (Lipinski definition) is 4. The van der Waals surface area contributed by atoms with Crippen molar-refractivity contribution in [1.29, 1.82) is 0 Å². The lowest BCUT2D eigenvalue weighted by molar-refractivity contribution is -0.112. The summed E-state index contributed by atoms with van der Waals surface area (Å²) in [6.07, 6.45) is 0. The number of aromatic nitrogens is 1. The third-order valence-electron chi connectivity index (χ3n) is 3.80. The maximum atomic E-state index is 12.2. The Morgan fingerprint density at radius 2 is 1.64 bits per heavy atom. The van der Waals surface area contributed by atoms with Gasteiger partial charge >= 0.3 is 0 Å². The fraction of sp³-hybridized carbons (Fsp3) is 0. The normalized spacial score (nSPS) is 10.2. The monoisotopic (exact) mass is 409 g/mol. The van der Waals surface area contributed by atoms with Gasteiger partial charge in [0.25, 0.3) is 11.8 Å². The quantitative estimate of drug-likeness (QED) is 0.428. The van der Waals surface area contributed by atoms with E-state index in [1.165, 1.54) is 11.3 Å². The first-order chi connectivity index (χ1) is 13.4. The third-order valence-corrected chi connectivity index (χ3v) is 4.79. The van der Waals surface area contributed by atoms with E-state index in [9.17, 15) is 9.59 Å². The molecule has 0 radical (unpaired) electrons. The molecule has 0 bridgehead atoms. The zero-order valence-electron chi connectivity index (χ0n) is 14.7. The topological polar surface area (TPSA) is 71.1 Å². The summed E-state index contributed by atoms with van der Waals surface area (Å²) in [4.78, 5) is 28.6. The summed E-state index contributed by atoms with van der Waals surface area (Å²) in [6.45, 7) is 7.06. The van der Waals surface area contributed by atoms with Gasteiger partial charge in [0.1, 0.15) is 0 Å². The van der Waals surface area contributed by atoms with Crippen LogP contribution in [-0.4, -0.2) is 16.8 Å². The molecule has 0 aliphatic rings. The molecule has 1 heterocycles. The number of nitrogens with zero attached hydrogens (tertiary/aromatic N) is 1. The van der Waals surface area contributed by atoms with E-state index in [-0.39, 0.29) is 16.5 Å². The van der Waals surface area contributed by atoms with Crippen LogP contribution in [0, 0.1) is 0 Å². The zero-order chi connectivity index (χ0) is 20.1. The van der Waals surface area contributed by atoms with Gasteiger partial charge in [-0.05, 0) is 24.3 Å². The van der Waals surface area contributed by atoms with E-state index in [2.05, 4.69) is 28.8 Å². The molecule has 7 heteroatoms. The molecule has 0 unspecified atom stereocenters. The van der Waals surface area contributed by atoms with Crippen molar-refractivity contribution in [3.8, 4) is 11.3 Å². The molecule has 2 N–H and O–H groups in total. The minimum atomic E-state index is -0.410. The molecule has 0 atom stereocenters. The molecule has 0 spiro atoms. The summed E-state index contributed by atoms with van der Waals surface area (Å²) < 4.78 is 0. The first kappa shape index (κ1) is 19.5. The van der Waals surface area contributed by atoms with Crippen LogP contribution in [0.5, 0.6) is 0 Å². The highest BCUT2D eigenvalue weighted by Gasteiger charge is 2.11. The van der Waals surface area contributed by atoms with Crippen LogP contribution >= 0.6 is 22.9 Å². The van der Waals surface area contributed by atoms with E-state index in [1.807, 2.05) is 23.6 Å². The van der Waals surface area contributed by atoms with E-state index >= 15 is 0 Å². The van der Waals surface area contributed by atoms with Crippen LogP contribution in [-0.2, 0) is 4.79 Å². The highest BCUT2D eigenvalue weighted by Crippen LogP contribution is 2.26. The van der Waals surface area contributed by atoms with Crippen molar-refractivity contribution in [2.75, 3.05) is 10.6 Å². The lowest BCUT2D eigenvalue weighted by Gasteiger charge is -2.07. The number of carbonyl (C=O) groups is 2. The second kappa shape index (κ2) is 8.65. The van der Waals surface area contributed by atoms with Crippen molar-refractivity contribution < 1.29 is 9.59 Å². The van der Waals surface area contributed by atoms with Gasteiger partial charge in [0.2, 0.25) is 0 Å². The first-order valence-electron chi connectivity index (χ1n) is 8.21. The number of carbonyl (C=O) groups excluding carboxylic acids is 2. The molecule has 0 saturated heterocycles. The molecule has 0 saturated carbocycles. The number of rotatable bonds is 6. The van der Waals surface area contributed by atoms with E-state index in [4.69, 9.17) is 11.6 Å². The number of anilines is 2. The lowest BCUT2D eigenvalue weighted by atomic mass is 10.1. The number of hydrogen-bond donors (Lipinski definition) is 2. The summed E-state index contributed by atoms with van der Waals surface area (Å²) in [5.74, 6) is -0.618. The van der Waals surface area contributed by atoms with Crippen molar-refractivity contribution in [3.63, 3.8) is 0 Å². The Kier molecular flexibility index (Phi) is 6.03.